The minimum absolute atomic E-state index is 0. The molecule has 0 bridgehead atoms. The fourth-order valence-electron chi connectivity index (χ4n) is 4.10. The number of hydrogen-bond donors (Lipinski definition) is 2. The zero-order valence-corrected chi connectivity index (χ0v) is 20.1. The van der Waals surface area contributed by atoms with Crippen molar-refractivity contribution in [3.63, 3.8) is 0 Å². The van der Waals surface area contributed by atoms with Gasteiger partial charge in [-0.15, -0.1) is 24.0 Å². The van der Waals surface area contributed by atoms with Crippen molar-refractivity contribution < 1.29 is 4.39 Å². The Kier molecular flexibility index (Phi) is 8.10. The Balaban J connectivity index is 0.00000256. The molecule has 2 atom stereocenters. The highest BCUT2D eigenvalue weighted by Gasteiger charge is 2.38. The molecule has 1 aliphatic carbocycles. The first kappa shape index (κ1) is 23.0. The standard InChI is InChI=1S/C22H31FN6.HI/c1-3-24-22(26-19-14-16(2)28(15-19)20-8-9-20)25-12-10-18-11-13-29(27-18)21-6-4-17(23)5-7-21;/h4-7,11,13,16,19-20H,3,8-10,12,14-15H2,1-2H3,(H2,24,25,26);1H. The van der Waals surface area contributed by atoms with Crippen molar-refractivity contribution >= 4 is 29.9 Å². The molecule has 1 aromatic heterocycles. The van der Waals surface area contributed by atoms with Gasteiger partial charge in [0.2, 0.25) is 0 Å². The third-order valence-electron chi connectivity index (χ3n) is 5.70. The summed E-state index contributed by atoms with van der Waals surface area (Å²) in [7, 11) is 0. The number of halogens is 2. The highest BCUT2D eigenvalue weighted by Crippen LogP contribution is 2.33. The van der Waals surface area contributed by atoms with Crippen LogP contribution in [-0.4, -0.2) is 58.4 Å². The van der Waals surface area contributed by atoms with Gasteiger partial charge < -0.3 is 10.6 Å². The first-order chi connectivity index (χ1) is 14.1. The Hall–Kier alpha value is -1.68. The molecule has 164 valence electrons. The average molecular weight is 526 g/mol. The molecule has 0 amide bonds. The molecule has 4 rings (SSSR count). The lowest BCUT2D eigenvalue weighted by Crippen LogP contribution is -2.44. The number of likely N-dealkylation sites (tertiary alicyclic amines) is 1. The van der Waals surface area contributed by atoms with Crippen LogP contribution in [0, 0.1) is 5.82 Å². The van der Waals surface area contributed by atoms with E-state index in [1.165, 1.54) is 31.4 Å². The topological polar surface area (TPSA) is 57.5 Å². The first-order valence-electron chi connectivity index (χ1n) is 10.7. The Morgan fingerprint density at radius 3 is 2.70 bits per heavy atom. The summed E-state index contributed by atoms with van der Waals surface area (Å²) in [5, 5.41) is 11.6. The number of aromatic nitrogens is 2. The molecular weight excluding hydrogens is 494 g/mol. The van der Waals surface area contributed by atoms with E-state index >= 15 is 0 Å². The number of nitrogens with zero attached hydrogens (tertiary/aromatic N) is 4. The minimum atomic E-state index is -0.240. The van der Waals surface area contributed by atoms with Gasteiger partial charge in [-0.1, -0.05) is 0 Å². The molecule has 1 aromatic carbocycles. The Morgan fingerprint density at radius 2 is 2.00 bits per heavy atom. The summed E-state index contributed by atoms with van der Waals surface area (Å²) in [4.78, 5) is 7.40. The van der Waals surface area contributed by atoms with Crippen molar-refractivity contribution in [3.8, 4) is 5.69 Å². The van der Waals surface area contributed by atoms with Gasteiger partial charge in [0.25, 0.3) is 0 Å². The van der Waals surface area contributed by atoms with E-state index in [9.17, 15) is 4.39 Å². The Bertz CT molecular complexity index is 832. The third kappa shape index (κ3) is 5.94. The van der Waals surface area contributed by atoms with Crippen LogP contribution in [0.3, 0.4) is 0 Å². The van der Waals surface area contributed by atoms with E-state index in [1.54, 1.807) is 16.8 Å². The van der Waals surface area contributed by atoms with Crippen molar-refractivity contribution in [3.05, 3.63) is 48.0 Å². The fourth-order valence-corrected chi connectivity index (χ4v) is 4.10. The van der Waals surface area contributed by atoms with Gasteiger partial charge in [-0.25, -0.2) is 9.07 Å². The van der Waals surface area contributed by atoms with Crippen LogP contribution in [0.1, 0.15) is 38.8 Å². The number of benzene rings is 1. The molecule has 1 aliphatic heterocycles. The van der Waals surface area contributed by atoms with E-state index in [-0.39, 0.29) is 29.8 Å². The van der Waals surface area contributed by atoms with Crippen LogP contribution in [0.5, 0.6) is 0 Å². The Morgan fingerprint density at radius 1 is 1.23 bits per heavy atom. The summed E-state index contributed by atoms with van der Waals surface area (Å²) in [5.41, 5.74) is 1.83. The predicted octanol–water partition coefficient (Wildman–Crippen LogP) is 3.35. The molecule has 1 saturated heterocycles. The second-order valence-electron chi connectivity index (χ2n) is 8.09. The first-order valence-corrected chi connectivity index (χ1v) is 10.7. The van der Waals surface area contributed by atoms with Gasteiger partial charge in [0.1, 0.15) is 5.82 Å². The normalized spacial score (nSPS) is 22.0. The maximum absolute atomic E-state index is 13.1. The zero-order valence-electron chi connectivity index (χ0n) is 17.7. The molecule has 2 fully saturated rings. The van der Waals surface area contributed by atoms with E-state index in [0.29, 0.717) is 18.6 Å². The van der Waals surface area contributed by atoms with Gasteiger partial charge in [0, 0.05) is 50.4 Å². The summed E-state index contributed by atoms with van der Waals surface area (Å²) in [5.74, 6) is 0.649. The molecule has 1 saturated carbocycles. The number of hydrogen-bond acceptors (Lipinski definition) is 3. The van der Waals surface area contributed by atoms with Crippen molar-refractivity contribution in [1.82, 2.24) is 25.3 Å². The van der Waals surface area contributed by atoms with Gasteiger partial charge in [0.15, 0.2) is 5.96 Å². The summed E-state index contributed by atoms with van der Waals surface area (Å²) in [6.45, 7) is 7.05. The molecule has 2 aliphatic rings. The fraction of sp³-hybridized carbons (Fsp3) is 0.545. The second kappa shape index (κ2) is 10.6. The van der Waals surface area contributed by atoms with E-state index in [4.69, 9.17) is 4.99 Å². The molecule has 8 heteroatoms. The number of nitrogens with one attached hydrogen (secondary N) is 2. The smallest absolute Gasteiger partial charge is 0.191 e. The predicted molar refractivity (Wildman–Crippen MR) is 129 cm³/mol. The summed E-state index contributed by atoms with van der Waals surface area (Å²) in [6, 6.07) is 10.3. The molecule has 0 radical (unpaired) electrons. The minimum Gasteiger partial charge on any atom is -0.357 e. The maximum Gasteiger partial charge on any atom is 0.191 e. The summed E-state index contributed by atoms with van der Waals surface area (Å²) >= 11 is 0. The molecule has 6 nitrogen and oxygen atoms in total. The highest BCUT2D eigenvalue weighted by atomic mass is 127. The van der Waals surface area contributed by atoms with E-state index in [2.05, 4.69) is 34.5 Å². The van der Waals surface area contributed by atoms with Gasteiger partial charge >= 0.3 is 0 Å². The molecule has 2 heterocycles. The van der Waals surface area contributed by atoms with E-state index < -0.39 is 0 Å². The molecule has 2 aromatic rings. The number of aliphatic imine (C=N–C) groups is 1. The second-order valence-corrected chi connectivity index (χ2v) is 8.09. The largest absolute Gasteiger partial charge is 0.357 e. The van der Waals surface area contributed by atoms with Crippen molar-refractivity contribution in [2.24, 2.45) is 4.99 Å². The van der Waals surface area contributed by atoms with Crippen molar-refractivity contribution in [2.45, 2.75) is 57.7 Å². The molecular formula is C22H32FIN6. The van der Waals surface area contributed by atoms with E-state index in [0.717, 1.165) is 42.9 Å². The average Bonchev–Trinajstić information content (AvgIpc) is 3.33. The van der Waals surface area contributed by atoms with Crippen LogP contribution < -0.4 is 10.6 Å². The van der Waals surface area contributed by atoms with Crippen LogP contribution in [0.2, 0.25) is 0 Å². The van der Waals surface area contributed by atoms with Crippen molar-refractivity contribution in [1.29, 1.82) is 0 Å². The number of rotatable bonds is 7. The van der Waals surface area contributed by atoms with Gasteiger partial charge in [0.05, 0.1) is 11.4 Å². The van der Waals surface area contributed by atoms with Crippen LogP contribution in [0.25, 0.3) is 5.69 Å². The van der Waals surface area contributed by atoms with Gasteiger partial charge in [-0.05, 0) is 63.4 Å². The Labute approximate surface area is 195 Å². The quantitative estimate of drug-likeness (QED) is 0.330. The monoisotopic (exact) mass is 526 g/mol. The third-order valence-corrected chi connectivity index (χ3v) is 5.70. The summed E-state index contributed by atoms with van der Waals surface area (Å²) < 4.78 is 14.9. The lowest BCUT2D eigenvalue weighted by atomic mass is 10.2. The van der Waals surface area contributed by atoms with Crippen LogP contribution in [-0.2, 0) is 6.42 Å². The van der Waals surface area contributed by atoms with Gasteiger partial charge in [-0.3, -0.25) is 9.89 Å². The van der Waals surface area contributed by atoms with Crippen LogP contribution >= 0.6 is 24.0 Å². The molecule has 30 heavy (non-hydrogen) atoms. The number of guanidine groups is 1. The van der Waals surface area contributed by atoms with Crippen LogP contribution in [0.4, 0.5) is 4.39 Å². The zero-order chi connectivity index (χ0) is 20.2. The lowest BCUT2D eigenvalue weighted by Gasteiger charge is -2.20. The van der Waals surface area contributed by atoms with Gasteiger partial charge in [-0.2, -0.15) is 5.10 Å². The van der Waals surface area contributed by atoms with E-state index in [1.807, 2.05) is 12.3 Å². The van der Waals surface area contributed by atoms with Crippen LogP contribution in [0.15, 0.2) is 41.5 Å². The highest BCUT2D eigenvalue weighted by molar-refractivity contribution is 14.0. The summed E-state index contributed by atoms with van der Waals surface area (Å²) in [6.07, 6.45) is 6.55. The van der Waals surface area contributed by atoms with Crippen molar-refractivity contribution in [2.75, 3.05) is 19.6 Å². The molecule has 2 N–H and O–H groups in total. The SMILES string of the molecule is CCNC(=NCCc1ccn(-c2ccc(F)cc2)n1)NC1CC(C)N(C2CC2)C1.I. The molecule has 2 unspecified atom stereocenters. The maximum atomic E-state index is 13.1. The molecule has 0 spiro atoms. The lowest BCUT2D eigenvalue weighted by molar-refractivity contribution is 0.256.